The minimum Gasteiger partial charge on any atom is -0.494 e. The van der Waals surface area contributed by atoms with Crippen LogP contribution in [0.15, 0.2) is 48.5 Å². The Morgan fingerprint density at radius 3 is 2.77 bits per heavy atom. The maximum atomic E-state index is 14.3. The summed E-state index contributed by atoms with van der Waals surface area (Å²) in [6.07, 6.45) is 1.09. The lowest BCUT2D eigenvalue weighted by Crippen LogP contribution is -2.51. The summed E-state index contributed by atoms with van der Waals surface area (Å²) in [6, 6.07) is 14.7. The van der Waals surface area contributed by atoms with Gasteiger partial charge in [-0.1, -0.05) is 30.3 Å². The van der Waals surface area contributed by atoms with Crippen molar-refractivity contribution in [2.45, 2.75) is 43.7 Å². The lowest BCUT2D eigenvalue weighted by atomic mass is 9.72. The Balaban J connectivity index is 1.72. The first-order chi connectivity index (χ1) is 16.8. The van der Waals surface area contributed by atoms with E-state index in [9.17, 15) is 14.4 Å². The summed E-state index contributed by atoms with van der Waals surface area (Å²) in [5, 5.41) is 2.90. The van der Waals surface area contributed by atoms with Gasteiger partial charge in [0.25, 0.3) is 5.91 Å². The molecule has 3 aliphatic heterocycles. The fourth-order valence-electron chi connectivity index (χ4n) is 5.62. The van der Waals surface area contributed by atoms with E-state index in [0.29, 0.717) is 38.3 Å². The van der Waals surface area contributed by atoms with Crippen LogP contribution in [0.1, 0.15) is 43.9 Å². The third kappa shape index (κ3) is 3.67. The lowest BCUT2D eigenvalue weighted by molar-refractivity contribution is -0.153. The number of hydrogen-bond donors (Lipinski definition) is 1. The van der Waals surface area contributed by atoms with Gasteiger partial charge >= 0.3 is 0 Å². The van der Waals surface area contributed by atoms with Crippen molar-refractivity contribution in [3.05, 3.63) is 59.7 Å². The molecule has 3 heterocycles. The van der Waals surface area contributed by atoms with E-state index in [-0.39, 0.29) is 24.3 Å². The average molecular weight is 478 g/mol. The minimum absolute atomic E-state index is 0.0667. The molecule has 8 heteroatoms. The molecule has 3 aliphatic rings. The number of ether oxygens (including phenoxy) is 2. The molecular weight excluding hydrogens is 446 g/mol. The topological polar surface area (TPSA) is 88.2 Å². The van der Waals surface area contributed by atoms with Gasteiger partial charge in [0.05, 0.1) is 12.6 Å². The van der Waals surface area contributed by atoms with Crippen LogP contribution in [0.5, 0.6) is 5.75 Å². The van der Waals surface area contributed by atoms with Crippen molar-refractivity contribution in [2.24, 2.45) is 0 Å². The van der Waals surface area contributed by atoms with E-state index >= 15 is 0 Å². The van der Waals surface area contributed by atoms with Crippen LogP contribution in [0.2, 0.25) is 0 Å². The van der Waals surface area contributed by atoms with Gasteiger partial charge in [0.1, 0.15) is 23.3 Å². The zero-order valence-electron chi connectivity index (χ0n) is 20.4. The highest BCUT2D eigenvalue weighted by atomic mass is 16.5. The Morgan fingerprint density at radius 1 is 1.17 bits per heavy atom. The molecule has 8 nitrogen and oxygen atoms in total. The maximum absolute atomic E-state index is 14.3. The van der Waals surface area contributed by atoms with Crippen molar-refractivity contribution in [3.63, 3.8) is 0 Å². The average Bonchev–Trinajstić information content (AvgIpc) is 3.36. The number of likely N-dealkylation sites (tertiary alicyclic amines) is 1. The number of carbonyl (C=O) groups excluding carboxylic acids is 3. The van der Waals surface area contributed by atoms with E-state index in [1.807, 2.05) is 48.5 Å². The fraction of sp³-hybridized carbons (Fsp3) is 0.444. The van der Waals surface area contributed by atoms with Gasteiger partial charge in [-0.2, -0.15) is 0 Å². The predicted molar refractivity (Wildman–Crippen MR) is 130 cm³/mol. The molecule has 4 bridgehead atoms. The van der Waals surface area contributed by atoms with E-state index in [2.05, 4.69) is 5.32 Å². The Labute approximate surface area is 205 Å². The van der Waals surface area contributed by atoms with Gasteiger partial charge in [0.15, 0.2) is 0 Å². The number of methoxy groups -OCH3 is 1. The third-order valence-corrected chi connectivity index (χ3v) is 7.50. The normalized spacial score (nSPS) is 24.3. The second-order valence-electron chi connectivity index (χ2n) is 9.87. The summed E-state index contributed by atoms with van der Waals surface area (Å²) < 4.78 is 11.5. The van der Waals surface area contributed by atoms with Gasteiger partial charge in [-0.05, 0) is 56.0 Å². The van der Waals surface area contributed by atoms with Gasteiger partial charge in [0, 0.05) is 25.9 Å². The number of hydrogen-bond acceptors (Lipinski definition) is 5. The van der Waals surface area contributed by atoms with Crippen LogP contribution in [-0.2, 0) is 24.5 Å². The summed E-state index contributed by atoms with van der Waals surface area (Å²) >= 11 is 0. The Hall–Kier alpha value is -3.39. The second-order valence-corrected chi connectivity index (χ2v) is 9.87. The number of benzene rings is 2. The Morgan fingerprint density at radius 2 is 1.97 bits per heavy atom. The van der Waals surface area contributed by atoms with Crippen LogP contribution in [0.25, 0.3) is 0 Å². The van der Waals surface area contributed by atoms with Crippen molar-refractivity contribution in [2.75, 3.05) is 38.3 Å². The second kappa shape index (κ2) is 8.68. The SMILES string of the molecule is COC(C)(C)C(=O)N1CC[C@]23C(=O)N(CC(=O)NCCCOc4cccc(c4)[C@H]12)c1ccccc13. The maximum Gasteiger partial charge on any atom is 0.254 e. The van der Waals surface area contributed by atoms with E-state index in [1.165, 1.54) is 7.11 Å². The fourth-order valence-corrected chi connectivity index (χ4v) is 5.62. The molecule has 1 spiro atoms. The highest BCUT2D eigenvalue weighted by Gasteiger charge is 2.62. The zero-order chi connectivity index (χ0) is 24.8. The number of anilines is 1. The molecule has 2 aromatic rings. The number of rotatable bonds is 2. The standard InChI is InChI=1S/C27H31N3O5/c1-26(2,34-3)24(32)29-14-12-27-20-10-4-5-11-21(20)30(25(27)33)17-22(31)28-13-7-15-35-19-9-6-8-18(16-19)23(27)29/h4-6,8-11,16,23H,7,12-15,17H2,1-3H3,(H,28,31)/t23-,27+/m0/s1. The van der Waals surface area contributed by atoms with E-state index in [4.69, 9.17) is 9.47 Å². The molecule has 5 rings (SSSR count). The monoisotopic (exact) mass is 477 g/mol. The predicted octanol–water partition coefficient (Wildman–Crippen LogP) is 2.57. The quantitative estimate of drug-likeness (QED) is 0.718. The molecule has 1 saturated heterocycles. The summed E-state index contributed by atoms with van der Waals surface area (Å²) in [6.45, 7) is 4.71. The minimum atomic E-state index is -1.06. The molecule has 2 atom stereocenters. The molecule has 1 fully saturated rings. The number of amides is 3. The number of nitrogens with one attached hydrogen (secondary N) is 1. The number of carbonyl (C=O) groups is 3. The number of nitrogens with zero attached hydrogens (tertiary/aromatic N) is 2. The van der Waals surface area contributed by atoms with Crippen LogP contribution in [0.3, 0.4) is 0 Å². The molecule has 184 valence electrons. The van der Waals surface area contributed by atoms with Crippen LogP contribution >= 0.6 is 0 Å². The van der Waals surface area contributed by atoms with E-state index < -0.39 is 17.1 Å². The highest BCUT2D eigenvalue weighted by molar-refractivity contribution is 6.12. The van der Waals surface area contributed by atoms with Crippen molar-refractivity contribution in [3.8, 4) is 5.75 Å². The third-order valence-electron chi connectivity index (χ3n) is 7.50. The highest BCUT2D eigenvalue weighted by Crippen LogP contribution is 2.57. The number of fused-ring (bicyclic) bond motifs is 6. The van der Waals surface area contributed by atoms with Crippen molar-refractivity contribution < 1.29 is 23.9 Å². The van der Waals surface area contributed by atoms with Gasteiger partial charge in [-0.15, -0.1) is 0 Å². The molecule has 0 aromatic heterocycles. The van der Waals surface area contributed by atoms with Crippen LogP contribution in [0, 0.1) is 0 Å². The summed E-state index contributed by atoms with van der Waals surface area (Å²) in [7, 11) is 1.52. The van der Waals surface area contributed by atoms with E-state index in [0.717, 1.165) is 16.8 Å². The first-order valence-corrected chi connectivity index (χ1v) is 12.1. The van der Waals surface area contributed by atoms with Crippen molar-refractivity contribution in [1.29, 1.82) is 0 Å². The van der Waals surface area contributed by atoms with Gasteiger partial charge in [0.2, 0.25) is 11.8 Å². The molecule has 2 aromatic carbocycles. The van der Waals surface area contributed by atoms with Gasteiger partial charge < -0.3 is 24.6 Å². The molecule has 0 unspecified atom stereocenters. The smallest absolute Gasteiger partial charge is 0.254 e. The van der Waals surface area contributed by atoms with E-state index in [1.54, 1.807) is 23.6 Å². The van der Waals surface area contributed by atoms with Gasteiger partial charge in [-0.3, -0.25) is 14.4 Å². The lowest BCUT2D eigenvalue weighted by Gasteiger charge is -2.38. The zero-order valence-corrected chi connectivity index (χ0v) is 20.4. The summed E-state index contributed by atoms with van der Waals surface area (Å²) in [5.74, 6) is 0.106. The number of para-hydroxylation sites is 1. The molecule has 0 aliphatic carbocycles. The first kappa shape index (κ1) is 23.4. The first-order valence-electron chi connectivity index (χ1n) is 12.1. The molecular formula is C27H31N3O5. The van der Waals surface area contributed by atoms with Crippen LogP contribution in [0.4, 0.5) is 5.69 Å². The Bertz CT molecular complexity index is 1180. The van der Waals surface area contributed by atoms with Crippen molar-refractivity contribution >= 4 is 23.4 Å². The summed E-state index contributed by atoms with van der Waals surface area (Å²) in [5.41, 5.74) is 0.319. The van der Waals surface area contributed by atoms with Crippen LogP contribution < -0.4 is 15.0 Å². The molecule has 0 radical (unpaired) electrons. The molecule has 35 heavy (non-hydrogen) atoms. The van der Waals surface area contributed by atoms with Crippen molar-refractivity contribution in [1.82, 2.24) is 10.2 Å². The largest absolute Gasteiger partial charge is 0.494 e. The van der Waals surface area contributed by atoms with Gasteiger partial charge in [-0.25, -0.2) is 0 Å². The summed E-state index contributed by atoms with van der Waals surface area (Å²) in [4.78, 5) is 44.2. The molecule has 1 N–H and O–H groups in total. The molecule has 0 saturated carbocycles. The van der Waals surface area contributed by atoms with Crippen LogP contribution in [-0.4, -0.2) is 61.6 Å². The molecule has 3 amide bonds. The Kier molecular flexibility index (Phi) is 5.79.